The van der Waals surface area contributed by atoms with Crippen molar-refractivity contribution in [1.82, 2.24) is 0 Å². The van der Waals surface area contributed by atoms with E-state index in [1.165, 1.54) is 5.41 Å². The number of anilines is 1. The molecule has 2 rings (SSSR count). The molecular formula is C16H21NO3S. The van der Waals surface area contributed by atoms with Crippen LogP contribution in [0.4, 0.5) is 5.69 Å². The van der Waals surface area contributed by atoms with Gasteiger partial charge in [-0.3, -0.25) is 4.79 Å². The maximum Gasteiger partial charge on any atom is 0.230 e. The number of rotatable bonds is 3. The summed E-state index contributed by atoms with van der Waals surface area (Å²) in [5, 5.41) is 1.21. The number of hydrogen-bond acceptors (Lipinski definition) is 3. The summed E-state index contributed by atoms with van der Waals surface area (Å²) in [4.78, 5) is 14.2. The van der Waals surface area contributed by atoms with Crippen LogP contribution in [0.25, 0.3) is 0 Å². The molecule has 1 aromatic carbocycles. The fourth-order valence-electron chi connectivity index (χ4n) is 2.57. The molecule has 0 bridgehead atoms. The van der Waals surface area contributed by atoms with E-state index in [-0.39, 0.29) is 17.6 Å². The molecule has 0 aliphatic carbocycles. The van der Waals surface area contributed by atoms with Gasteiger partial charge in [-0.15, -0.1) is 0 Å². The molecule has 1 unspecified atom stereocenters. The molecule has 1 aliphatic rings. The van der Waals surface area contributed by atoms with Crippen LogP contribution in [-0.4, -0.2) is 26.1 Å². The molecule has 1 aliphatic heterocycles. The first-order valence-corrected chi connectivity index (χ1v) is 8.73. The molecule has 1 atom stereocenters. The number of carbonyl (C=O) groups excluding carboxylic acids is 1. The molecular weight excluding hydrogens is 286 g/mol. The van der Waals surface area contributed by atoms with Crippen LogP contribution in [0.2, 0.25) is 0 Å². The first-order chi connectivity index (χ1) is 9.69. The SMILES string of the molecule is Cc1cc(C)cc(N(C(=O)C(C)C)C2C=CS(=O)(=O)C2)c1. The Kier molecular flexibility index (Phi) is 4.23. The minimum atomic E-state index is -3.20. The van der Waals surface area contributed by atoms with Gasteiger partial charge < -0.3 is 4.90 Å². The summed E-state index contributed by atoms with van der Waals surface area (Å²) < 4.78 is 23.4. The fourth-order valence-corrected chi connectivity index (χ4v) is 3.84. The normalized spacial score (nSPS) is 20.0. The minimum absolute atomic E-state index is 0.0432. The van der Waals surface area contributed by atoms with E-state index in [4.69, 9.17) is 0 Å². The smallest absolute Gasteiger partial charge is 0.230 e. The summed E-state index contributed by atoms with van der Waals surface area (Å²) in [6, 6.07) is 5.45. The third-order valence-electron chi connectivity index (χ3n) is 3.46. The second-order valence-corrected chi connectivity index (χ2v) is 7.87. The zero-order chi connectivity index (χ0) is 15.8. The van der Waals surface area contributed by atoms with Crippen LogP contribution in [0.1, 0.15) is 25.0 Å². The number of nitrogens with zero attached hydrogens (tertiary/aromatic N) is 1. The van der Waals surface area contributed by atoms with Crippen LogP contribution in [0.15, 0.2) is 29.7 Å². The Morgan fingerprint density at radius 1 is 1.19 bits per heavy atom. The number of hydrogen-bond donors (Lipinski definition) is 0. The molecule has 1 aromatic rings. The van der Waals surface area contributed by atoms with Gasteiger partial charge in [0.1, 0.15) is 0 Å². The van der Waals surface area contributed by atoms with Gasteiger partial charge >= 0.3 is 0 Å². The van der Waals surface area contributed by atoms with Crippen molar-refractivity contribution in [3.05, 3.63) is 40.8 Å². The molecule has 0 N–H and O–H groups in total. The van der Waals surface area contributed by atoms with Gasteiger partial charge in [0.25, 0.3) is 0 Å². The molecule has 0 spiro atoms. The third kappa shape index (κ3) is 3.53. The molecule has 0 saturated carbocycles. The predicted molar refractivity (Wildman–Crippen MR) is 85.0 cm³/mol. The number of aryl methyl sites for hydroxylation is 2. The largest absolute Gasteiger partial charge is 0.304 e. The molecule has 5 heteroatoms. The zero-order valence-electron chi connectivity index (χ0n) is 12.8. The van der Waals surface area contributed by atoms with Crippen LogP contribution < -0.4 is 4.90 Å². The number of amides is 1. The van der Waals surface area contributed by atoms with Gasteiger partial charge in [0.05, 0.1) is 11.8 Å². The van der Waals surface area contributed by atoms with Crippen LogP contribution in [0.5, 0.6) is 0 Å². The summed E-state index contributed by atoms with van der Waals surface area (Å²) in [5.74, 6) is -0.299. The first-order valence-electron chi connectivity index (χ1n) is 7.02. The third-order valence-corrected chi connectivity index (χ3v) is 4.84. The lowest BCUT2D eigenvalue weighted by Gasteiger charge is -2.30. The number of benzene rings is 1. The van der Waals surface area contributed by atoms with Crippen molar-refractivity contribution in [2.45, 2.75) is 33.7 Å². The van der Waals surface area contributed by atoms with Gasteiger partial charge in [0.2, 0.25) is 5.91 Å². The predicted octanol–water partition coefficient (Wildman–Crippen LogP) is 2.60. The Morgan fingerprint density at radius 2 is 1.76 bits per heavy atom. The lowest BCUT2D eigenvalue weighted by atomic mass is 10.1. The van der Waals surface area contributed by atoms with Crippen molar-refractivity contribution in [3.63, 3.8) is 0 Å². The number of carbonyl (C=O) groups is 1. The van der Waals surface area contributed by atoms with Crippen molar-refractivity contribution in [3.8, 4) is 0 Å². The maximum atomic E-state index is 12.6. The van der Waals surface area contributed by atoms with E-state index in [1.54, 1.807) is 11.0 Å². The van der Waals surface area contributed by atoms with Gasteiger partial charge in [-0.1, -0.05) is 19.9 Å². The van der Waals surface area contributed by atoms with E-state index in [0.717, 1.165) is 16.8 Å². The van der Waals surface area contributed by atoms with E-state index >= 15 is 0 Å². The Balaban J connectivity index is 2.47. The second-order valence-electron chi connectivity index (χ2n) is 5.93. The lowest BCUT2D eigenvalue weighted by molar-refractivity contribution is -0.121. The highest BCUT2D eigenvalue weighted by Gasteiger charge is 2.32. The number of sulfone groups is 1. The highest BCUT2D eigenvalue weighted by Crippen LogP contribution is 2.26. The van der Waals surface area contributed by atoms with Crippen molar-refractivity contribution < 1.29 is 13.2 Å². The van der Waals surface area contributed by atoms with Crippen LogP contribution in [0.3, 0.4) is 0 Å². The van der Waals surface area contributed by atoms with E-state index in [2.05, 4.69) is 0 Å². The summed E-state index contributed by atoms with van der Waals surface area (Å²) in [6.07, 6.45) is 1.60. The van der Waals surface area contributed by atoms with Crippen molar-refractivity contribution >= 4 is 21.4 Å². The van der Waals surface area contributed by atoms with Crippen molar-refractivity contribution in [2.24, 2.45) is 5.92 Å². The first kappa shape index (κ1) is 15.8. The quantitative estimate of drug-likeness (QED) is 0.862. The molecule has 4 nitrogen and oxygen atoms in total. The maximum absolute atomic E-state index is 12.6. The van der Waals surface area contributed by atoms with Gasteiger partial charge in [-0.05, 0) is 43.2 Å². The molecule has 1 amide bonds. The standard InChI is InChI=1S/C16H21NO3S/c1-11(2)16(18)17(14-5-6-21(19,20)10-14)15-8-12(3)7-13(4)9-15/h5-9,11,14H,10H2,1-4H3. The molecule has 0 radical (unpaired) electrons. The Labute approximate surface area is 126 Å². The van der Waals surface area contributed by atoms with Crippen LogP contribution in [0, 0.1) is 19.8 Å². The highest BCUT2D eigenvalue weighted by atomic mass is 32.2. The van der Waals surface area contributed by atoms with Crippen LogP contribution >= 0.6 is 0 Å². The molecule has 114 valence electrons. The highest BCUT2D eigenvalue weighted by molar-refractivity contribution is 7.94. The van der Waals surface area contributed by atoms with E-state index < -0.39 is 15.9 Å². The minimum Gasteiger partial charge on any atom is -0.304 e. The fraction of sp³-hybridized carbons (Fsp3) is 0.438. The second kappa shape index (κ2) is 5.64. The average Bonchev–Trinajstić information content (AvgIpc) is 2.68. The Bertz CT molecular complexity index is 669. The summed E-state index contributed by atoms with van der Waals surface area (Å²) in [7, 11) is -3.20. The van der Waals surface area contributed by atoms with Crippen molar-refractivity contribution in [2.75, 3.05) is 10.7 Å². The van der Waals surface area contributed by atoms with Gasteiger partial charge in [-0.25, -0.2) is 8.42 Å². The summed E-state index contributed by atoms with van der Waals surface area (Å²) >= 11 is 0. The topological polar surface area (TPSA) is 54.5 Å². The monoisotopic (exact) mass is 307 g/mol. The Hall–Kier alpha value is -1.62. The summed E-state index contributed by atoms with van der Waals surface area (Å²) in [6.45, 7) is 7.59. The average molecular weight is 307 g/mol. The van der Waals surface area contributed by atoms with Gasteiger partial charge in [0.15, 0.2) is 9.84 Å². The lowest BCUT2D eigenvalue weighted by Crippen LogP contribution is -2.43. The van der Waals surface area contributed by atoms with Gasteiger partial charge in [0, 0.05) is 17.0 Å². The molecule has 0 saturated heterocycles. The summed E-state index contributed by atoms with van der Waals surface area (Å²) in [5.41, 5.74) is 2.87. The molecule has 1 heterocycles. The molecule has 0 aromatic heterocycles. The molecule has 21 heavy (non-hydrogen) atoms. The Morgan fingerprint density at radius 3 is 2.19 bits per heavy atom. The molecule has 0 fully saturated rings. The van der Waals surface area contributed by atoms with Crippen LogP contribution in [-0.2, 0) is 14.6 Å². The van der Waals surface area contributed by atoms with Gasteiger partial charge in [-0.2, -0.15) is 0 Å². The van der Waals surface area contributed by atoms with E-state index in [0.29, 0.717) is 0 Å². The van der Waals surface area contributed by atoms with E-state index in [1.807, 2.05) is 45.9 Å². The van der Waals surface area contributed by atoms with Crippen molar-refractivity contribution in [1.29, 1.82) is 0 Å². The zero-order valence-corrected chi connectivity index (χ0v) is 13.6. The van der Waals surface area contributed by atoms with E-state index in [9.17, 15) is 13.2 Å².